The zero-order chi connectivity index (χ0) is 22.8. The normalized spacial score (nSPS) is 28.0. The van der Waals surface area contributed by atoms with Crippen molar-refractivity contribution in [3.05, 3.63) is 41.7 Å². The van der Waals surface area contributed by atoms with Crippen LogP contribution >= 0.6 is 0 Å². The molecule has 1 aromatic carbocycles. The third-order valence-corrected chi connectivity index (χ3v) is 8.21. The van der Waals surface area contributed by atoms with Gasteiger partial charge in [0, 0.05) is 38.5 Å². The molecule has 5 rings (SSSR count). The van der Waals surface area contributed by atoms with Crippen LogP contribution in [0.2, 0.25) is 0 Å². The number of carbonyl (C=O) groups excluding carboxylic acids is 2. The molecule has 1 aromatic rings. The minimum absolute atomic E-state index is 0.0940. The minimum Gasteiger partial charge on any atom is -0.489 e. The Morgan fingerprint density at radius 1 is 0.969 bits per heavy atom. The van der Waals surface area contributed by atoms with E-state index in [2.05, 4.69) is 12.1 Å². The molecule has 3 saturated carbocycles. The zero-order valence-electron chi connectivity index (χ0n) is 19.4. The molecule has 1 aliphatic heterocycles. The van der Waals surface area contributed by atoms with E-state index in [0.717, 1.165) is 44.3 Å². The van der Waals surface area contributed by atoms with Gasteiger partial charge in [-0.1, -0.05) is 19.1 Å². The van der Waals surface area contributed by atoms with Crippen LogP contribution in [0.4, 0.5) is 4.39 Å². The quantitative estimate of drug-likeness (QED) is 0.646. The lowest BCUT2D eigenvalue weighted by Gasteiger charge is -2.54. The molecule has 1 heterocycles. The fraction of sp³-hybridized carbons (Fsp3) is 0.615. The van der Waals surface area contributed by atoms with Crippen molar-refractivity contribution in [2.24, 2.45) is 5.41 Å². The Hall–Kier alpha value is -2.37. The Kier molecular flexibility index (Phi) is 6.59. The van der Waals surface area contributed by atoms with Crippen molar-refractivity contribution < 1.29 is 18.7 Å². The Labute approximate surface area is 190 Å². The third-order valence-electron chi connectivity index (χ3n) is 8.21. The van der Waals surface area contributed by atoms with Crippen molar-refractivity contribution in [2.75, 3.05) is 32.8 Å². The topological polar surface area (TPSA) is 49.9 Å². The van der Waals surface area contributed by atoms with Crippen LogP contribution in [-0.4, -0.2) is 54.4 Å². The number of hydrogen-bond donors (Lipinski definition) is 0. The van der Waals surface area contributed by atoms with Gasteiger partial charge >= 0.3 is 0 Å². The number of amides is 2. The lowest BCUT2D eigenvalue weighted by Crippen LogP contribution is -2.57. The zero-order valence-corrected chi connectivity index (χ0v) is 19.4. The number of ether oxygens (including phenoxy) is 1. The molecule has 4 aliphatic rings. The number of hydrogen-bond acceptors (Lipinski definition) is 3. The molecule has 32 heavy (non-hydrogen) atoms. The van der Waals surface area contributed by atoms with E-state index >= 15 is 0 Å². The molecule has 174 valence electrons. The Morgan fingerprint density at radius 3 is 2.03 bits per heavy atom. The third kappa shape index (κ3) is 4.28. The van der Waals surface area contributed by atoms with E-state index in [0.29, 0.717) is 50.4 Å². The summed E-state index contributed by atoms with van der Waals surface area (Å²) in [6.07, 6.45) is 7.22. The summed E-state index contributed by atoms with van der Waals surface area (Å²) in [6, 6.07) is 8.29. The van der Waals surface area contributed by atoms with Crippen LogP contribution in [0.15, 0.2) is 36.2 Å². The number of halogens is 1. The molecule has 0 N–H and O–H groups in total. The molecule has 3 aliphatic carbocycles. The molecule has 6 heteroatoms. The monoisotopic (exact) mass is 442 g/mol. The van der Waals surface area contributed by atoms with Crippen LogP contribution in [0.5, 0.6) is 5.75 Å². The van der Waals surface area contributed by atoms with Crippen LogP contribution < -0.4 is 4.74 Å². The van der Waals surface area contributed by atoms with Crippen molar-refractivity contribution in [3.8, 4) is 5.75 Å². The predicted molar refractivity (Wildman–Crippen MR) is 122 cm³/mol. The van der Waals surface area contributed by atoms with Gasteiger partial charge in [-0.05, 0) is 73.6 Å². The van der Waals surface area contributed by atoms with Crippen LogP contribution in [0, 0.1) is 5.41 Å². The minimum atomic E-state index is -0.210. The molecule has 4 fully saturated rings. The number of nitrogens with zero attached hydrogens (tertiary/aromatic N) is 2. The summed E-state index contributed by atoms with van der Waals surface area (Å²) in [5, 5.41) is 0. The maximum atomic E-state index is 13.4. The van der Waals surface area contributed by atoms with Gasteiger partial charge in [-0.25, -0.2) is 4.39 Å². The van der Waals surface area contributed by atoms with E-state index in [4.69, 9.17) is 4.74 Å². The van der Waals surface area contributed by atoms with Crippen LogP contribution in [0.1, 0.15) is 64.4 Å². The van der Waals surface area contributed by atoms with E-state index in [9.17, 15) is 14.0 Å². The van der Waals surface area contributed by atoms with Crippen LogP contribution in [0.3, 0.4) is 0 Å². The van der Waals surface area contributed by atoms with Gasteiger partial charge in [0.15, 0.2) is 0 Å². The summed E-state index contributed by atoms with van der Waals surface area (Å²) in [5.74, 6) is 1.17. The molecule has 2 amide bonds. The summed E-state index contributed by atoms with van der Waals surface area (Å²) >= 11 is 0. The molecule has 2 bridgehead atoms. The lowest BCUT2D eigenvalue weighted by molar-refractivity contribution is -0.153. The molecule has 0 aromatic heterocycles. The number of fused-ring (bicyclic) bond motifs is 3. The summed E-state index contributed by atoms with van der Waals surface area (Å²) in [4.78, 5) is 28.9. The molecule has 1 saturated heterocycles. The number of carbonyl (C=O) groups is 2. The maximum absolute atomic E-state index is 13.4. The molecule has 0 unspecified atom stereocenters. The summed E-state index contributed by atoms with van der Waals surface area (Å²) in [7, 11) is 0. The summed E-state index contributed by atoms with van der Waals surface area (Å²) < 4.78 is 18.5. The van der Waals surface area contributed by atoms with E-state index in [1.807, 2.05) is 28.9 Å². The highest BCUT2D eigenvalue weighted by Crippen LogP contribution is 2.58. The van der Waals surface area contributed by atoms with E-state index in [1.54, 1.807) is 6.92 Å². The van der Waals surface area contributed by atoms with Crippen molar-refractivity contribution in [3.63, 3.8) is 0 Å². The average Bonchev–Trinajstić information content (AvgIpc) is 2.85. The highest BCUT2D eigenvalue weighted by molar-refractivity contribution is 5.84. The van der Waals surface area contributed by atoms with Crippen LogP contribution in [0.25, 0.3) is 0 Å². The first-order chi connectivity index (χ1) is 15.4. The standard InChI is InChI=1S/C26H35FN2O3/c1-3-21(18-27)19-32-23-6-4-22(5-7-23)25-8-11-26(12-9-25,13-10-25)24(31)29-16-14-28(15-17-29)20(2)30/h4-7,18H,3,8-17,19H2,1-2H3/b21-18+. The van der Waals surface area contributed by atoms with Crippen molar-refractivity contribution in [1.29, 1.82) is 0 Å². The number of benzene rings is 1. The van der Waals surface area contributed by atoms with E-state index < -0.39 is 0 Å². The van der Waals surface area contributed by atoms with Crippen molar-refractivity contribution in [1.82, 2.24) is 9.80 Å². The molecule has 0 spiro atoms. The van der Waals surface area contributed by atoms with Gasteiger partial charge in [0.2, 0.25) is 11.8 Å². The average molecular weight is 443 g/mol. The Morgan fingerprint density at radius 2 is 1.53 bits per heavy atom. The first-order valence-corrected chi connectivity index (χ1v) is 12.0. The van der Waals surface area contributed by atoms with Gasteiger partial charge in [0.05, 0.1) is 6.33 Å². The summed E-state index contributed by atoms with van der Waals surface area (Å²) in [6.45, 7) is 6.41. The number of piperazine rings is 1. The first kappa shape index (κ1) is 22.8. The predicted octanol–water partition coefficient (Wildman–Crippen LogP) is 4.61. The van der Waals surface area contributed by atoms with Gasteiger partial charge in [-0.2, -0.15) is 0 Å². The van der Waals surface area contributed by atoms with Crippen LogP contribution in [-0.2, 0) is 15.0 Å². The van der Waals surface area contributed by atoms with Gasteiger partial charge < -0.3 is 14.5 Å². The molecule has 0 atom stereocenters. The first-order valence-electron chi connectivity index (χ1n) is 12.0. The summed E-state index contributed by atoms with van der Waals surface area (Å²) in [5.41, 5.74) is 1.92. The smallest absolute Gasteiger partial charge is 0.228 e. The van der Waals surface area contributed by atoms with Gasteiger partial charge in [0.25, 0.3) is 0 Å². The van der Waals surface area contributed by atoms with Gasteiger partial charge in [-0.3, -0.25) is 9.59 Å². The number of rotatable bonds is 6. The van der Waals surface area contributed by atoms with E-state index in [-0.39, 0.29) is 23.3 Å². The highest BCUT2D eigenvalue weighted by atomic mass is 19.1. The second-order valence-electron chi connectivity index (χ2n) is 9.79. The second-order valence-corrected chi connectivity index (χ2v) is 9.79. The van der Waals surface area contributed by atoms with E-state index in [1.165, 1.54) is 5.56 Å². The molecular weight excluding hydrogens is 407 g/mol. The SMILES string of the molecule is CC/C(=C\F)COc1ccc(C23CCC(C(=O)N4CCN(C(C)=O)CC4)(CC2)CC3)cc1. The molecular formula is C26H35FN2O3. The Balaban J connectivity index is 1.36. The fourth-order valence-electron chi connectivity index (χ4n) is 5.79. The van der Waals surface area contributed by atoms with Crippen molar-refractivity contribution >= 4 is 11.8 Å². The van der Waals surface area contributed by atoms with Gasteiger partial charge in [-0.15, -0.1) is 0 Å². The molecule has 0 radical (unpaired) electrons. The van der Waals surface area contributed by atoms with Crippen molar-refractivity contribution in [2.45, 2.75) is 64.2 Å². The maximum Gasteiger partial charge on any atom is 0.228 e. The fourth-order valence-corrected chi connectivity index (χ4v) is 5.79. The largest absolute Gasteiger partial charge is 0.489 e. The Bertz CT molecular complexity index is 847. The lowest BCUT2D eigenvalue weighted by atomic mass is 9.51. The highest BCUT2D eigenvalue weighted by Gasteiger charge is 2.54. The second kappa shape index (κ2) is 9.24. The molecule has 5 nitrogen and oxygen atoms in total. The van der Waals surface area contributed by atoms with Gasteiger partial charge in [0.1, 0.15) is 12.4 Å².